The molecule has 0 aromatic heterocycles. The van der Waals surface area contributed by atoms with Gasteiger partial charge in [0.05, 0.1) is 47.0 Å². The quantitative estimate of drug-likeness (QED) is 0.726. The molecule has 0 amide bonds. The van der Waals surface area contributed by atoms with Crippen LogP contribution in [0.2, 0.25) is 0 Å². The van der Waals surface area contributed by atoms with E-state index in [0.717, 1.165) is 0 Å². The maximum absolute atomic E-state index is 12.5. The summed E-state index contributed by atoms with van der Waals surface area (Å²) in [6.45, 7) is 0. The monoisotopic (exact) mass is 361 g/mol. The lowest BCUT2D eigenvalue weighted by atomic mass is 9.67. The van der Waals surface area contributed by atoms with E-state index in [1.54, 1.807) is 12.1 Å². The highest BCUT2D eigenvalue weighted by molar-refractivity contribution is 5.86. The molecular weight excluding hydrogens is 342 g/mol. The summed E-state index contributed by atoms with van der Waals surface area (Å²) in [5, 5.41) is 9.39. The van der Waals surface area contributed by atoms with Crippen LogP contribution in [0.3, 0.4) is 0 Å². The normalized spacial score (nSPS) is 28.0. The fraction of sp³-hybridized carbons (Fsp3) is 0.500. The Bertz CT molecular complexity index is 799. The van der Waals surface area contributed by atoms with E-state index < -0.39 is 35.5 Å². The zero-order chi connectivity index (χ0) is 19.1. The van der Waals surface area contributed by atoms with Gasteiger partial charge in [-0.05, 0) is 23.3 Å². The van der Waals surface area contributed by atoms with E-state index in [9.17, 15) is 14.9 Å². The average molecular weight is 361 g/mol. The third-order valence-electron chi connectivity index (χ3n) is 5.11. The molecular formula is C18H19NO7. The van der Waals surface area contributed by atoms with Crippen molar-refractivity contribution in [1.82, 2.24) is 0 Å². The Balaban J connectivity index is 2.26. The van der Waals surface area contributed by atoms with Crippen molar-refractivity contribution in [1.29, 1.82) is 5.26 Å². The van der Waals surface area contributed by atoms with Crippen molar-refractivity contribution in [2.75, 3.05) is 28.4 Å². The molecule has 8 heteroatoms. The van der Waals surface area contributed by atoms with Gasteiger partial charge in [0.2, 0.25) is 0 Å². The number of benzene rings is 1. The van der Waals surface area contributed by atoms with Gasteiger partial charge in [0.25, 0.3) is 0 Å². The second kappa shape index (κ2) is 6.50. The van der Waals surface area contributed by atoms with Gasteiger partial charge in [-0.15, -0.1) is 0 Å². The van der Waals surface area contributed by atoms with Crippen LogP contribution in [-0.2, 0) is 29.4 Å². The SMILES string of the molecule is COC(=O)[C@H]1[C@@H]2O[C@@](CC#N)(c3cc(OC)c(OC)cc32)[C@H]1C(=O)OC. The Morgan fingerprint density at radius 1 is 1.12 bits per heavy atom. The molecule has 0 unspecified atom stereocenters. The molecule has 2 aliphatic heterocycles. The van der Waals surface area contributed by atoms with Crippen molar-refractivity contribution in [3.8, 4) is 17.6 Å². The minimum atomic E-state index is -1.31. The number of hydrogen-bond donors (Lipinski definition) is 0. The number of nitrogens with zero attached hydrogens (tertiary/aromatic N) is 1. The summed E-state index contributed by atoms with van der Waals surface area (Å²) in [6, 6.07) is 5.46. The summed E-state index contributed by atoms with van der Waals surface area (Å²) in [5.41, 5.74) is -0.00836. The molecule has 26 heavy (non-hydrogen) atoms. The van der Waals surface area contributed by atoms with Gasteiger partial charge < -0.3 is 23.7 Å². The van der Waals surface area contributed by atoms with Crippen LogP contribution >= 0.6 is 0 Å². The molecule has 0 radical (unpaired) electrons. The number of carbonyl (C=O) groups is 2. The Morgan fingerprint density at radius 3 is 2.27 bits per heavy atom. The zero-order valence-electron chi connectivity index (χ0n) is 14.9. The first kappa shape index (κ1) is 18.0. The highest BCUT2D eigenvalue weighted by Gasteiger charge is 2.68. The molecule has 3 rings (SSSR count). The molecule has 1 fully saturated rings. The maximum atomic E-state index is 12.5. The van der Waals surface area contributed by atoms with E-state index >= 15 is 0 Å². The van der Waals surface area contributed by atoms with Crippen LogP contribution in [0.4, 0.5) is 0 Å². The number of methoxy groups -OCH3 is 4. The Kier molecular flexibility index (Phi) is 4.50. The molecule has 0 aliphatic carbocycles. The van der Waals surface area contributed by atoms with Gasteiger partial charge in [-0.1, -0.05) is 0 Å². The van der Waals surface area contributed by atoms with E-state index in [4.69, 9.17) is 23.7 Å². The largest absolute Gasteiger partial charge is 0.493 e. The molecule has 1 aromatic rings. The lowest BCUT2D eigenvalue weighted by Crippen LogP contribution is -2.44. The molecule has 8 nitrogen and oxygen atoms in total. The lowest BCUT2D eigenvalue weighted by Gasteiger charge is -2.33. The third kappa shape index (κ3) is 2.24. The molecule has 138 valence electrons. The molecule has 2 aliphatic rings. The van der Waals surface area contributed by atoms with Crippen LogP contribution in [0.5, 0.6) is 11.5 Å². The van der Waals surface area contributed by atoms with Crippen LogP contribution in [0.25, 0.3) is 0 Å². The number of ether oxygens (including phenoxy) is 5. The molecule has 4 atom stereocenters. The van der Waals surface area contributed by atoms with Crippen molar-refractivity contribution >= 4 is 11.9 Å². The van der Waals surface area contributed by atoms with Crippen LogP contribution < -0.4 is 9.47 Å². The summed E-state index contributed by atoms with van der Waals surface area (Å²) in [7, 11) is 5.47. The number of hydrogen-bond acceptors (Lipinski definition) is 8. The first-order valence-corrected chi connectivity index (χ1v) is 7.95. The van der Waals surface area contributed by atoms with Crippen LogP contribution in [0.1, 0.15) is 23.7 Å². The Labute approximate surface area is 150 Å². The topological polar surface area (TPSA) is 104 Å². The van der Waals surface area contributed by atoms with E-state index in [2.05, 4.69) is 6.07 Å². The Hall–Kier alpha value is -2.79. The van der Waals surface area contributed by atoms with Gasteiger partial charge in [0.1, 0.15) is 17.4 Å². The first-order valence-electron chi connectivity index (χ1n) is 7.95. The van der Waals surface area contributed by atoms with Crippen LogP contribution in [0, 0.1) is 23.2 Å². The van der Waals surface area contributed by atoms with Crippen LogP contribution in [0.15, 0.2) is 12.1 Å². The maximum Gasteiger partial charge on any atom is 0.313 e. The molecule has 2 heterocycles. The van der Waals surface area contributed by atoms with Crippen molar-refractivity contribution in [3.63, 3.8) is 0 Å². The molecule has 1 aromatic carbocycles. The molecule has 0 saturated carbocycles. The summed E-state index contributed by atoms with van der Waals surface area (Å²) < 4.78 is 26.6. The van der Waals surface area contributed by atoms with Gasteiger partial charge in [0, 0.05) is 0 Å². The minimum absolute atomic E-state index is 0.126. The molecule has 0 spiro atoms. The number of nitriles is 1. The summed E-state index contributed by atoms with van der Waals surface area (Å²) >= 11 is 0. The summed E-state index contributed by atoms with van der Waals surface area (Å²) in [6.07, 6.45) is -0.867. The number of esters is 2. The molecule has 2 bridgehead atoms. The fourth-order valence-corrected chi connectivity index (χ4v) is 4.05. The fourth-order valence-electron chi connectivity index (χ4n) is 4.05. The second-order valence-corrected chi connectivity index (χ2v) is 6.11. The van der Waals surface area contributed by atoms with E-state index in [-0.39, 0.29) is 6.42 Å². The van der Waals surface area contributed by atoms with Gasteiger partial charge in [0.15, 0.2) is 11.5 Å². The van der Waals surface area contributed by atoms with Crippen molar-refractivity contribution in [2.24, 2.45) is 11.8 Å². The number of fused-ring (bicyclic) bond motifs is 5. The van der Waals surface area contributed by atoms with Gasteiger partial charge >= 0.3 is 11.9 Å². The Morgan fingerprint density at radius 2 is 1.73 bits per heavy atom. The first-order chi connectivity index (χ1) is 12.5. The van der Waals surface area contributed by atoms with E-state index in [0.29, 0.717) is 22.6 Å². The van der Waals surface area contributed by atoms with Gasteiger partial charge in [-0.25, -0.2) is 0 Å². The van der Waals surface area contributed by atoms with Crippen LogP contribution in [-0.4, -0.2) is 40.4 Å². The lowest BCUT2D eigenvalue weighted by molar-refractivity contribution is -0.159. The van der Waals surface area contributed by atoms with Crippen molar-refractivity contribution in [2.45, 2.75) is 18.1 Å². The molecule has 1 saturated heterocycles. The minimum Gasteiger partial charge on any atom is -0.493 e. The zero-order valence-corrected chi connectivity index (χ0v) is 14.9. The summed E-state index contributed by atoms with van der Waals surface area (Å²) in [5.74, 6) is -2.21. The van der Waals surface area contributed by atoms with Crippen molar-refractivity contribution < 1.29 is 33.3 Å². The van der Waals surface area contributed by atoms with Crippen molar-refractivity contribution in [3.05, 3.63) is 23.3 Å². The number of carbonyl (C=O) groups excluding carboxylic acids is 2. The van der Waals surface area contributed by atoms with Gasteiger partial charge in [-0.2, -0.15) is 5.26 Å². The van der Waals surface area contributed by atoms with Gasteiger partial charge in [-0.3, -0.25) is 9.59 Å². The second-order valence-electron chi connectivity index (χ2n) is 6.11. The van der Waals surface area contributed by atoms with E-state index in [1.807, 2.05) is 0 Å². The smallest absolute Gasteiger partial charge is 0.313 e. The summed E-state index contributed by atoms with van der Waals surface area (Å²) in [4.78, 5) is 24.9. The highest BCUT2D eigenvalue weighted by Crippen LogP contribution is 2.64. The standard InChI is InChI=1S/C18H19NO7/c1-22-11-7-9-10(8-12(11)23-2)18(5-6-19)14(17(21)25-4)13(15(9)26-18)16(20)24-3/h7-8,13-15H,5H2,1-4H3/t13-,14-,15-,18+/m1/s1. The molecule has 0 N–H and O–H groups in total. The predicted octanol–water partition coefficient (Wildman–Crippen LogP) is 1.48. The third-order valence-corrected chi connectivity index (χ3v) is 5.11. The highest BCUT2D eigenvalue weighted by atomic mass is 16.6. The number of rotatable bonds is 5. The predicted molar refractivity (Wildman–Crippen MR) is 86.3 cm³/mol. The van der Waals surface area contributed by atoms with E-state index in [1.165, 1.54) is 28.4 Å². The average Bonchev–Trinajstić information content (AvgIpc) is 3.16.